The van der Waals surface area contributed by atoms with Gasteiger partial charge in [0.1, 0.15) is 17.3 Å². The molecule has 0 amide bonds. The Bertz CT molecular complexity index is 1280. The Morgan fingerprint density at radius 1 is 0.939 bits per heavy atom. The summed E-state index contributed by atoms with van der Waals surface area (Å²) in [6, 6.07) is 24.8. The van der Waals surface area contributed by atoms with Gasteiger partial charge in [-0.3, -0.25) is 9.78 Å². The number of nitrogens with zero attached hydrogens (tertiary/aromatic N) is 3. The van der Waals surface area contributed by atoms with E-state index in [1.54, 1.807) is 42.7 Å². The van der Waals surface area contributed by atoms with Gasteiger partial charge in [0.25, 0.3) is 0 Å². The number of aromatic hydroxyl groups is 1. The van der Waals surface area contributed by atoms with Gasteiger partial charge in [0.15, 0.2) is 0 Å². The molecule has 2 N–H and O–H groups in total. The average molecular weight is 437 g/mol. The molecule has 2 aromatic carbocycles. The van der Waals surface area contributed by atoms with Crippen molar-refractivity contribution in [1.29, 1.82) is 0 Å². The molecule has 0 saturated carbocycles. The van der Waals surface area contributed by atoms with Crippen molar-refractivity contribution < 1.29 is 9.90 Å². The Kier molecular flexibility index (Phi) is 5.83. The van der Waals surface area contributed by atoms with Crippen LogP contribution in [0.15, 0.2) is 91.3 Å². The molecule has 4 aromatic rings. The molecule has 0 bridgehead atoms. The molecule has 1 aliphatic heterocycles. The molecule has 1 saturated heterocycles. The van der Waals surface area contributed by atoms with Gasteiger partial charge in [-0.1, -0.05) is 48.5 Å². The van der Waals surface area contributed by atoms with Crippen molar-refractivity contribution in [2.24, 2.45) is 0 Å². The second-order valence-corrected chi connectivity index (χ2v) is 8.09. The maximum absolute atomic E-state index is 13.2. The standard InChI is InChI=1S/C27H24N4O2/c32-23-9-4-8-20(15-23)21-14-22(17-28-16-21)27(33)24-10-5-11-26(30-24)31-13-12-29-25(18-31)19-6-2-1-3-7-19/h1-11,14-17,25,29,32H,12-13,18H2. The van der Waals surface area contributed by atoms with Crippen LogP contribution in [0.3, 0.4) is 0 Å². The van der Waals surface area contributed by atoms with Crippen molar-refractivity contribution in [3.8, 4) is 16.9 Å². The van der Waals surface area contributed by atoms with Crippen LogP contribution >= 0.6 is 0 Å². The highest BCUT2D eigenvalue weighted by Crippen LogP contribution is 2.25. The van der Waals surface area contributed by atoms with Gasteiger partial charge in [-0.05, 0) is 41.5 Å². The van der Waals surface area contributed by atoms with E-state index < -0.39 is 0 Å². The SMILES string of the molecule is O=C(c1cncc(-c2cccc(O)c2)c1)c1cccc(N2CCNC(c3ccccc3)C2)n1. The first kappa shape index (κ1) is 20.8. The average Bonchev–Trinajstić information content (AvgIpc) is 2.89. The lowest BCUT2D eigenvalue weighted by molar-refractivity contribution is 0.103. The molecule has 1 fully saturated rings. The second-order valence-electron chi connectivity index (χ2n) is 8.09. The van der Waals surface area contributed by atoms with Gasteiger partial charge in [0.2, 0.25) is 5.78 Å². The summed E-state index contributed by atoms with van der Waals surface area (Å²) in [5.74, 6) is 0.782. The van der Waals surface area contributed by atoms with Crippen LogP contribution < -0.4 is 10.2 Å². The number of piperazine rings is 1. The van der Waals surface area contributed by atoms with Gasteiger partial charge in [-0.2, -0.15) is 0 Å². The monoisotopic (exact) mass is 436 g/mol. The molecular weight excluding hydrogens is 412 g/mol. The number of hydrogen-bond donors (Lipinski definition) is 2. The lowest BCUT2D eigenvalue weighted by Gasteiger charge is -2.35. The van der Waals surface area contributed by atoms with E-state index in [0.717, 1.165) is 36.6 Å². The van der Waals surface area contributed by atoms with Crippen molar-refractivity contribution in [3.05, 3.63) is 108 Å². The molecule has 33 heavy (non-hydrogen) atoms. The molecule has 3 heterocycles. The van der Waals surface area contributed by atoms with E-state index in [4.69, 9.17) is 4.98 Å². The van der Waals surface area contributed by atoms with E-state index in [9.17, 15) is 9.90 Å². The molecule has 6 heteroatoms. The third-order valence-corrected chi connectivity index (χ3v) is 5.85. The Hall–Kier alpha value is -4.03. The predicted molar refractivity (Wildman–Crippen MR) is 128 cm³/mol. The molecule has 2 aromatic heterocycles. The minimum Gasteiger partial charge on any atom is -0.508 e. The summed E-state index contributed by atoms with van der Waals surface area (Å²) in [5, 5.41) is 13.3. The Morgan fingerprint density at radius 3 is 2.64 bits per heavy atom. The number of anilines is 1. The maximum atomic E-state index is 13.2. The van der Waals surface area contributed by atoms with Crippen molar-refractivity contribution in [3.63, 3.8) is 0 Å². The number of carbonyl (C=O) groups excluding carboxylic acids is 1. The summed E-state index contributed by atoms with van der Waals surface area (Å²) in [7, 11) is 0. The van der Waals surface area contributed by atoms with Gasteiger partial charge in [0, 0.05) is 49.2 Å². The summed E-state index contributed by atoms with van der Waals surface area (Å²) in [5.41, 5.74) is 3.65. The topological polar surface area (TPSA) is 78.3 Å². The Balaban J connectivity index is 1.38. The zero-order chi connectivity index (χ0) is 22.6. The molecule has 0 spiro atoms. The number of aromatic nitrogens is 2. The summed E-state index contributed by atoms with van der Waals surface area (Å²) in [4.78, 5) is 24.4. The Morgan fingerprint density at radius 2 is 1.79 bits per heavy atom. The van der Waals surface area contributed by atoms with E-state index in [2.05, 4.69) is 27.3 Å². The minimum absolute atomic E-state index is 0.170. The molecule has 1 atom stereocenters. The van der Waals surface area contributed by atoms with Crippen LogP contribution in [-0.2, 0) is 0 Å². The van der Waals surface area contributed by atoms with E-state index in [1.165, 1.54) is 5.56 Å². The van der Waals surface area contributed by atoms with Crippen molar-refractivity contribution in [1.82, 2.24) is 15.3 Å². The number of phenolic OH excluding ortho intramolecular Hbond substituents is 1. The first-order valence-corrected chi connectivity index (χ1v) is 11.0. The summed E-state index contributed by atoms with van der Waals surface area (Å²) < 4.78 is 0. The zero-order valence-corrected chi connectivity index (χ0v) is 18.1. The molecule has 1 aliphatic rings. The number of rotatable bonds is 5. The highest BCUT2D eigenvalue weighted by atomic mass is 16.3. The lowest BCUT2D eigenvalue weighted by Crippen LogP contribution is -2.46. The highest BCUT2D eigenvalue weighted by Gasteiger charge is 2.22. The largest absolute Gasteiger partial charge is 0.508 e. The van der Waals surface area contributed by atoms with Crippen molar-refractivity contribution >= 4 is 11.6 Å². The number of nitrogens with one attached hydrogen (secondary N) is 1. The van der Waals surface area contributed by atoms with Crippen molar-refractivity contribution in [2.45, 2.75) is 6.04 Å². The molecule has 0 aliphatic carbocycles. The quantitative estimate of drug-likeness (QED) is 0.456. The fourth-order valence-corrected chi connectivity index (χ4v) is 4.15. The van der Waals surface area contributed by atoms with Crippen LogP contribution in [0, 0.1) is 0 Å². The van der Waals surface area contributed by atoms with Crippen LogP contribution in [-0.4, -0.2) is 40.5 Å². The van der Waals surface area contributed by atoms with E-state index in [1.807, 2.05) is 36.4 Å². The molecule has 5 rings (SSSR count). The summed E-state index contributed by atoms with van der Waals surface area (Å²) in [6.07, 6.45) is 3.24. The van der Waals surface area contributed by atoms with Crippen LogP contribution in [0.25, 0.3) is 11.1 Å². The van der Waals surface area contributed by atoms with Crippen LogP contribution in [0.1, 0.15) is 27.7 Å². The van der Waals surface area contributed by atoms with Gasteiger partial charge >= 0.3 is 0 Å². The van der Waals surface area contributed by atoms with Crippen LogP contribution in [0.2, 0.25) is 0 Å². The molecule has 6 nitrogen and oxygen atoms in total. The fraction of sp³-hybridized carbons (Fsp3) is 0.148. The third kappa shape index (κ3) is 4.61. The smallest absolute Gasteiger partial charge is 0.212 e. The number of phenols is 1. The van der Waals surface area contributed by atoms with Crippen LogP contribution in [0.5, 0.6) is 5.75 Å². The van der Waals surface area contributed by atoms with Crippen LogP contribution in [0.4, 0.5) is 5.82 Å². The molecule has 1 unspecified atom stereocenters. The first-order chi connectivity index (χ1) is 16.2. The predicted octanol–water partition coefficient (Wildman–Crippen LogP) is 4.23. The van der Waals surface area contributed by atoms with Gasteiger partial charge in [0.05, 0.1) is 0 Å². The zero-order valence-electron chi connectivity index (χ0n) is 18.1. The van der Waals surface area contributed by atoms with E-state index in [0.29, 0.717) is 11.3 Å². The first-order valence-electron chi connectivity index (χ1n) is 11.0. The third-order valence-electron chi connectivity index (χ3n) is 5.85. The number of pyridine rings is 2. The number of carbonyl (C=O) groups is 1. The van der Waals surface area contributed by atoms with Gasteiger partial charge in [-0.15, -0.1) is 0 Å². The number of hydrogen-bond acceptors (Lipinski definition) is 6. The number of benzene rings is 2. The number of ketones is 1. The summed E-state index contributed by atoms with van der Waals surface area (Å²) >= 11 is 0. The highest BCUT2D eigenvalue weighted by molar-refractivity contribution is 6.08. The second kappa shape index (κ2) is 9.22. The Labute approximate surface area is 192 Å². The molecular formula is C27H24N4O2. The fourth-order valence-electron chi connectivity index (χ4n) is 4.15. The molecule has 164 valence electrons. The van der Waals surface area contributed by atoms with Gasteiger partial charge in [-0.25, -0.2) is 4.98 Å². The lowest BCUT2D eigenvalue weighted by atomic mass is 10.0. The van der Waals surface area contributed by atoms with Gasteiger partial charge < -0.3 is 15.3 Å². The normalized spacial score (nSPS) is 15.9. The van der Waals surface area contributed by atoms with E-state index in [-0.39, 0.29) is 17.6 Å². The maximum Gasteiger partial charge on any atom is 0.212 e. The van der Waals surface area contributed by atoms with E-state index >= 15 is 0 Å². The minimum atomic E-state index is -0.180. The molecule has 0 radical (unpaired) electrons. The van der Waals surface area contributed by atoms with Crippen molar-refractivity contribution in [2.75, 3.05) is 24.5 Å². The summed E-state index contributed by atoms with van der Waals surface area (Å²) in [6.45, 7) is 2.45.